The molecule has 0 fully saturated rings. The Bertz CT molecular complexity index is 765. The molecule has 0 heterocycles. The number of amidine groups is 1. The number of anilines is 3. The monoisotopic (exact) mass is 302 g/mol. The van der Waals surface area contributed by atoms with Gasteiger partial charge < -0.3 is 11.1 Å². The first-order valence-electron chi connectivity index (χ1n) is 7.38. The number of nitrogens with one attached hydrogen (secondary N) is 2. The second kappa shape index (κ2) is 7.13. The molecule has 0 spiro atoms. The fraction of sp³-hybridized carbons (Fsp3) is 0. The van der Waals surface area contributed by atoms with Gasteiger partial charge in [-0.15, -0.1) is 0 Å². The van der Waals surface area contributed by atoms with Gasteiger partial charge in [-0.3, -0.25) is 5.43 Å². The van der Waals surface area contributed by atoms with Gasteiger partial charge in [0.25, 0.3) is 0 Å². The maximum atomic E-state index is 6.01. The maximum absolute atomic E-state index is 6.01. The van der Waals surface area contributed by atoms with Crippen LogP contribution in [0.15, 0.2) is 90.0 Å². The van der Waals surface area contributed by atoms with E-state index in [-0.39, 0.29) is 0 Å². The Morgan fingerprint density at radius 2 is 1.17 bits per heavy atom. The molecule has 0 amide bonds. The number of hydrazone groups is 1. The van der Waals surface area contributed by atoms with Gasteiger partial charge in [0.15, 0.2) is 5.84 Å². The average molecular weight is 302 g/mol. The highest BCUT2D eigenvalue weighted by atomic mass is 15.3. The molecule has 0 radical (unpaired) electrons. The quantitative estimate of drug-likeness (QED) is 0.377. The fourth-order valence-electron chi connectivity index (χ4n) is 2.11. The summed E-state index contributed by atoms with van der Waals surface area (Å²) >= 11 is 0. The van der Waals surface area contributed by atoms with Gasteiger partial charge in [-0.1, -0.05) is 36.4 Å². The van der Waals surface area contributed by atoms with Crippen molar-refractivity contribution in [2.75, 3.05) is 10.7 Å². The van der Waals surface area contributed by atoms with Crippen molar-refractivity contribution < 1.29 is 0 Å². The summed E-state index contributed by atoms with van der Waals surface area (Å²) in [6.45, 7) is 0. The minimum absolute atomic E-state index is 0.445. The molecule has 4 heteroatoms. The zero-order valence-corrected chi connectivity index (χ0v) is 12.6. The second-order valence-corrected chi connectivity index (χ2v) is 5.04. The van der Waals surface area contributed by atoms with Crippen LogP contribution in [0.4, 0.5) is 17.1 Å². The zero-order chi connectivity index (χ0) is 15.9. The van der Waals surface area contributed by atoms with Crippen molar-refractivity contribution in [3.05, 3.63) is 90.5 Å². The van der Waals surface area contributed by atoms with Crippen LogP contribution in [0.3, 0.4) is 0 Å². The van der Waals surface area contributed by atoms with Crippen LogP contribution in [0, 0.1) is 0 Å². The summed E-state index contributed by atoms with van der Waals surface area (Å²) in [6, 6.07) is 27.6. The lowest BCUT2D eigenvalue weighted by Crippen LogP contribution is -2.15. The highest BCUT2D eigenvalue weighted by molar-refractivity contribution is 5.98. The number of nitrogens with two attached hydrogens (primary N) is 1. The molecule has 0 bridgehead atoms. The molecule has 3 rings (SSSR count). The number of hydrogen-bond acceptors (Lipinski definition) is 3. The predicted octanol–water partition coefficient (Wildman–Crippen LogP) is 4.16. The number of benzene rings is 3. The Kier molecular flexibility index (Phi) is 4.55. The maximum Gasteiger partial charge on any atom is 0.150 e. The van der Waals surface area contributed by atoms with E-state index in [2.05, 4.69) is 15.8 Å². The Balaban J connectivity index is 1.66. The Morgan fingerprint density at radius 3 is 1.78 bits per heavy atom. The Morgan fingerprint density at radius 1 is 0.652 bits per heavy atom. The average Bonchev–Trinajstić information content (AvgIpc) is 2.62. The lowest BCUT2D eigenvalue weighted by Gasteiger charge is -2.07. The summed E-state index contributed by atoms with van der Waals surface area (Å²) in [6.07, 6.45) is 0. The summed E-state index contributed by atoms with van der Waals surface area (Å²) in [5, 5.41) is 7.53. The summed E-state index contributed by atoms with van der Waals surface area (Å²) in [5.74, 6) is 0.445. The van der Waals surface area contributed by atoms with Gasteiger partial charge in [0.2, 0.25) is 0 Å². The molecule has 3 aromatic carbocycles. The minimum Gasteiger partial charge on any atom is -0.382 e. The zero-order valence-electron chi connectivity index (χ0n) is 12.6. The molecule has 0 aliphatic carbocycles. The highest BCUT2D eigenvalue weighted by Crippen LogP contribution is 2.16. The van der Waals surface area contributed by atoms with Gasteiger partial charge in [-0.25, -0.2) is 0 Å². The molecular weight excluding hydrogens is 284 g/mol. The molecule has 0 atom stereocenters. The van der Waals surface area contributed by atoms with E-state index in [1.54, 1.807) is 0 Å². The summed E-state index contributed by atoms with van der Waals surface area (Å²) < 4.78 is 0. The van der Waals surface area contributed by atoms with Crippen molar-refractivity contribution in [3.63, 3.8) is 0 Å². The molecule has 0 saturated heterocycles. The van der Waals surface area contributed by atoms with Gasteiger partial charge in [0, 0.05) is 16.9 Å². The van der Waals surface area contributed by atoms with E-state index in [1.807, 2.05) is 84.9 Å². The Hall–Kier alpha value is -3.27. The van der Waals surface area contributed by atoms with E-state index in [0.29, 0.717) is 5.84 Å². The SMILES string of the molecule is N/C(=N\Nc1ccccc1)c1ccc(Nc2ccccc2)cc1. The Labute approximate surface area is 135 Å². The second-order valence-electron chi connectivity index (χ2n) is 5.04. The van der Waals surface area contributed by atoms with Crippen LogP contribution in [0.1, 0.15) is 5.56 Å². The molecule has 0 unspecified atom stereocenters. The summed E-state index contributed by atoms with van der Waals surface area (Å²) in [7, 11) is 0. The molecule has 0 aromatic heterocycles. The first kappa shape index (κ1) is 14.7. The first-order valence-corrected chi connectivity index (χ1v) is 7.38. The summed E-state index contributed by atoms with van der Waals surface area (Å²) in [4.78, 5) is 0. The number of rotatable bonds is 5. The van der Waals surface area contributed by atoms with Crippen molar-refractivity contribution >= 4 is 22.9 Å². The molecule has 0 saturated carbocycles. The van der Waals surface area contributed by atoms with Crippen LogP contribution < -0.4 is 16.5 Å². The van der Waals surface area contributed by atoms with E-state index >= 15 is 0 Å². The third-order valence-electron chi connectivity index (χ3n) is 3.32. The summed E-state index contributed by atoms with van der Waals surface area (Å²) in [5.41, 5.74) is 12.8. The third-order valence-corrected chi connectivity index (χ3v) is 3.32. The molecule has 0 aliphatic heterocycles. The van der Waals surface area contributed by atoms with Crippen molar-refractivity contribution in [1.82, 2.24) is 0 Å². The smallest absolute Gasteiger partial charge is 0.150 e. The first-order chi connectivity index (χ1) is 11.3. The van der Waals surface area contributed by atoms with E-state index < -0.39 is 0 Å². The van der Waals surface area contributed by atoms with Gasteiger partial charge in [0.05, 0.1) is 5.69 Å². The lowest BCUT2D eigenvalue weighted by atomic mass is 10.2. The van der Waals surface area contributed by atoms with Crippen LogP contribution in [-0.2, 0) is 0 Å². The van der Waals surface area contributed by atoms with Crippen molar-refractivity contribution in [2.45, 2.75) is 0 Å². The van der Waals surface area contributed by atoms with Crippen LogP contribution in [-0.4, -0.2) is 5.84 Å². The molecule has 3 aromatic rings. The minimum atomic E-state index is 0.445. The van der Waals surface area contributed by atoms with Crippen LogP contribution >= 0.6 is 0 Å². The molecule has 114 valence electrons. The normalized spacial score (nSPS) is 11.0. The fourth-order valence-corrected chi connectivity index (χ4v) is 2.11. The molecule has 23 heavy (non-hydrogen) atoms. The predicted molar refractivity (Wildman–Crippen MR) is 97.0 cm³/mol. The van der Waals surface area contributed by atoms with Gasteiger partial charge in [0.1, 0.15) is 0 Å². The standard InChI is InChI=1S/C19H18N4/c20-19(23-22-18-9-5-2-6-10-18)15-11-13-17(14-12-15)21-16-7-3-1-4-8-16/h1-14,21-22H,(H2,20,23). The number of nitrogens with zero attached hydrogens (tertiary/aromatic N) is 1. The van der Waals surface area contributed by atoms with Gasteiger partial charge in [-0.2, -0.15) is 5.10 Å². The van der Waals surface area contributed by atoms with Gasteiger partial charge >= 0.3 is 0 Å². The van der Waals surface area contributed by atoms with E-state index in [4.69, 9.17) is 5.73 Å². The lowest BCUT2D eigenvalue weighted by molar-refractivity contribution is 1.31. The van der Waals surface area contributed by atoms with Gasteiger partial charge in [-0.05, 0) is 48.5 Å². The molecule has 4 nitrogen and oxygen atoms in total. The van der Waals surface area contributed by atoms with Crippen LogP contribution in [0.2, 0.25) is 0 Å². The molecular formula is C19H18N4. The topological polar surface area (TPSA) is 62.4 Å². The largest absolute Gasteiger partial charge is 0.382 e. The van der Waals surface area contributed by atoms with Crippen LogP contribution in [0.25, 0.3) is 0 Å². The molecule has 0 aliphatic rings. The van der Waals surface area contributed by atoms with Crippen LogP contribution in [0.5, 0.6) is 0 Å². The van der Waals surface area contributed by atoms with Crippen molar-refractivity contribution in [2.24, 2.45) is 10.8 Å². The van der Waals surface area contributed by atoms with E-state index in [1.165, 1.54) is 0 Å². The highest BCUT2D eigenvalue weighted by Gasteiger charge is 2.00. The number of para-hydroxylation sites is 2. The van der Waals surface area contributed by atoms with E-state index in [0.717, 1.165) is 22.6 Å². The molecule has 4 N–H and O–H groups in total. The third kappa shape index (κ3) is 4.11. The van der Waals surface area contributed by atoms with Crippen molar-refractivity contribution in [1.29, 1.82) is 0 Å². The van der Waals surface area contributed by atoms with E-state index in [9.17, 15) is 0 Å². The van der Waals surface area contributed by atoms with Crippen molar-refractivity contribution in [3.8, 4) is 0 Å². The number of hydrogen-bond donors (Lipinski definition) is 3.